The van der Waals surface area contributed by atoms with Crippen LogP contribution in [0.2, 0.25) is 0 Å². The third-order valence-electron chi connectivity index (χ3n) is 4.38. The van der Waals surface area contributed by atoms with Crippen molar-refractivity contribution >= 4 is 17.5 Å². The average molecular weight is 364 g/mol. The fourth-order valence-corrected chi connectivity index (χ4v) is 2.88. The summed E-state index contributed by atoms with van der Waals surface area (Å²) in [6.07, 6.45) is 0.781. The maximum atomic E-state index is 13.8. The number of piperazine rings is 1. The maximum Gasteiger partial charge on any atom is 0.309 e. The van der Waals surface area contributed by atoms with Gasteiger partial charge in [-0.2, -0.15) is 0 Å². The summed E-state index contributed by atoms with van der Waals surface area (Å²) in [4.78, 5) is 27.6. The van der Waals surface area contributed by atoms with Gasteiger partial charge in [0, 0.05) is 39.3 Å². The molecule has 7 heteroatoms. The van der Waals surface area contributed by atoms with Gasteiger partial charge in [0.2, 0.25) is 0 Å². The number of carbonyl (C=O) groups excluding carboxylic acids is 2. The van der Waals surface area contributed by atoms with Crippen LogP contribution in [0.3, 0.4) is 0 Å². The van der Waals surface area contributed by atoms with Gasteiger partial charge in [-0.3, -0.25) is 14.5 Å². The zero-order chi connectivity index (χ0) is 18.9. The van der Waals surface area contributed by atoms with Gasteiger partial charge in [0.25, 0.3) is 0 Å². The number of rotatable bonds is 7. The second kappa shape index (κ2) is 10.1. The number of benzene rings is 1. The zero-order valence-corrected chi connectivity index (χ0v) is 15.6. The highest BCUT2D eigenvalue weighted by atomic mass is 19.1. The molecular formula is C19H29FN4O2. The highest BCUT2D eigenvalue weighted by Gasteiger charge is 2.19. The van der Waals surface area contributed by atoms with Crippen molar-refractivity contribution in [1.29, 1.82) is 0 Å². The molecule has 0 spiro atoms. The van der Waals surface area contributed by atoms with E-state index in [1.54, 1.807) is 6.07 Å². The van der Waals surface area contributed by atoms with Crippen LogP contribution in [-0.4, -0.2) is 62.5 Å². The van der Waals surface area contributed by atoms with Crippen LogP contribution in [0.1, 0.15) is 20.3 Å². The predicted octanol–water partition coefficient (Wildman–Crippen LogP) is 1.23. The number of halogens is 1. The first kappa shape index (κ1) is 20.2. The van der Waals surface area contributed by atoms with E-state index < -0.39 is 11.8 Å². The second-order valence-electron chi connectivity index (χ2n) is 6.99. The normalized spacial score (nSPS) is 15.2. The molecule has 0 unspecified atom stereocenters. The number of nitrogens with zero attached hydrogens (tertiary/aromatic N) is 2. The lowest BCUT2D eigenvalue weighted by Gasteiger charge is -2.36. The summed E-state index contributed by atoms with van der Waals surface area (Å²) in [6, 6.07) is 6.85. The number of carbonyl (C=O) groups is 2. The molecule has 2 rings (SSSR count). The quantitative estimate of drug-likeness (QED) is 0.564. The summed E-state index contributed by atoms with van der Waals surface area (Å²) >= 11 is 0. The van der Waals surface area contributed by atoms with E-state index in [1.807, 2.05) is 26.0 Å². The fourth-order valence-electron chi connectivity index (χ4n) is 2.88. The summed E-state index contributed by atoms with van der Waals surface area (Å²) in [5, 5.41) is 5.25. The van der Waals surface area contributed by atoms with Crippen LogP contribution in [0.5, 0.6) is 0 Å². The monoisotopic (exact) mass is 364 g/mol. The SMILES string of the molecule is CC(C)CNC(=O)C(=O)NCCCN1CCN(c2ccccc2F)CC1. The molecule has 1 saturated heterocycles. The number of hydrogen-bond donors (Lipinski definition) is 2. The van der Waals surface area contributed by atoms with Gasteiger partial charge in [0.1, 0.15) is 5.82 Å². The Kier molecular flexibility index (Phi) is 7.84. The average Bonchev–Trinajstić information content (AvgIpc) is 2.64. The lowest BCUT2D eigenvalue weighted by atomic mass is 10.2. The van der Waals surface area contributed by atoms with Gasteiger partial charge in [-0.15, -0.1) is 0 Å². The van der Waals surface area contributed by atoms with Crippen LogP contribution >= 0.6 is 0 Å². The van der Waals surface area contributed by atoms with Crippen LogP contribution in [0.4, 0.5) is 10.1 Å². The Morgan fingerprint density at radius 1 is 1.08 bits per heavy atom. The van der Waals surface area contributed by atoms with Gasteiger partial charge in [-0.05, 0) is 31.0 Å². The first-order valence-corrected chi connectivity index (χ1v) is 9.25. The second-order valence-corrected chi connectivity index (χ2v) is 6.99. The number of nitrogens with one attached hydrogen (secondary N) is 2. The van der Waals surface area contributed by atoms with E-state index >= 15 is 0 Å². The Balaban J connectivity index is 1.61. The van der Waals surface area contributed by atoms with E-state index in [4.69, 9.17) is 0 Å². The van der Waals surface area contributed by atoms with Crippen LogP contribution in [0.25, 0.3) is 0 Å². The minimum Gasteiger partial charge on any atom is -0.367 e. The van der Waals surface area contributed by atoms with Gasteiger partial charge < -0.3 is 15.5 Å². The Hall–Kier alpha value is -2.15. The Bertz CT molecular complexity index is 601. The summed E-state index contributed by atoms with van der Waals surface area (Å²) in [7, 11) is 0. The molecule has 1 aromatic carbocycles. The number of anilines is 1. The zero-order valence-electron chi connectivity index (χ0n) is 15.6. The van der Waals surface area contributed by atoms with Crippen molar-refractivity contribution in [1.82, 2.24) is 15.5 Å². The molecule has 1 fully saturated rings. The van der Waals surface area contributed by atoms with Gasteiger partial charge in [0.15, 0.2) is 0 Å². The molecule has 1 heterocycles. The third kappa shape index (κ3) is 6.29. The first-order chi connectivity index (χ1) is 12.5. The molecular weight excluding hydrogens is 335 g/mol. The molecule has 2 N–H and O–H groups in total. The molecule has 1 aromatic rings. The fraction of sp³-hybridized carbons (Fsp3) is 0.579. The molecule has 0 aromatic heterocycles. The molecule has 0 aliphatic carbocycles. The topological polar surface area (TPSA) is 64.7 Å². The van der Waals surface area contributed by atoms with E-state index in [9.17, 15) is 14.0 Å². The van der Waals surface area contributed by atoms with Crippen molar-refractivity contribution in [3.63, 3.8) is 0 Å². The Morgan fingerprint density at radius 2 is 1.73 bits per heavy atom. The lowest BCUT2D eigenvalue weighted by Crippen LogP contribution is -2.47. The van der Waals surface area contributed by atoms with Crippen molar-refractivity contribution in [3.8, 4) is 0 Å². The van der Waals surface area contributed by atoms with Crippen LogP contribution in [0.15, 0.2) is 24.3 Å². The lowest BCUT2D eigenvalue weighted by molar-refractivity contribution is -0.139. The molecule has 6 nitrogen and oxygen atoms in total. The van der Waals surface area contributed by atoms with E-state index in [-0.39, 0.29) is 5.82 Å². The number of amides is 2. The summed E-state index contributed by atoms with van der Waals surface area (Å²) < 4.78 is 13.8. The highest BCUT2D eigenvalue weighted by molar-refractivity contribution is 6.35. The maximum absolute atomic E-state index is 13.8. The molecule has 0 radical (unpaired) electrons. The first-order valence-electron chi connectivity index (χ1n) is 9.25. The summed E-state index contributed by atoms with van der Waals surface area (Å²) in [6.45, 7) is 9.05. The van der Waals surface area contributed by atoms with Gasteiger partial charge in [-0.1, -0.05) is 26.0 Å². The molecule has 0 atom stereocenters. The molecule has 0 saturated carbocycles. The van der Waals surface area contributed by atoms with Gasteiger partial charge >= 0.3 is 11.8 Å². The Labute approximate surface area is 154 Å². The van der Waals surface area contributed by atoms with E-state index in [1.165, 1.54) is 6.07 Å². The van der Waals surface area contributed by atoms with Gasteiger partial charge in [0.05, 0.1) is 5.69 Å². The summed E-state index contributed by atoms with van der Waals surface area (Å²) in [5.74, 6) is -1.01. The van der Waals surface area contributed by atoms with Crippen molar-refractivity contribution in [2.24, 2.45) is 5.92 Å². The third-order valence-corrected chi connectivity index (χ3v) is 4.38. The van der Waals surface area contributed by atoms with Crippen LogP contribution in [0, 0.1) is 11.7 Å². The van der Waals surface area contributed by atoms with Gasteiger partial charge in [-0.25, -0.2) is 4.39 Å². The van der Waals surface area contributed by atoms with Crippen LogP contribution in [-0.2, 0) is 9.59 Å². The van der Waals surface area contributed by atoms with E-state index in [0.717, 1.165) is 39.1 Å². The predicted molar refractivity (Wildman–Crippen MR) is 101 cm³/mol. The molecule has 1 aliphatic rings. The van der Waals surface area contributed by atoms with Crippen molar-refractivity contribution in [2.75, 3.05) is 50.7 Å². The molecule has 0 bridgehead atoms. The standard InChI is InChI=1S/C19H29FN4O2/c1-15(2)14-22-19(26)18(25)21-8-5-9-23-10-12-24(13-11-23)17-7-4-3-6-16(17)20/h3-4,6-7,15H,5,8-14H2,1-2H3,(H,21,25)(H,22,26). The largest absolute Gasteiger partial charge is 0.367 e. The molecule has 2 amide bonds. The minimum absolute atomic E-state index is 0.181. The molecule has 144 valence electrons. The smallest absolute Gasteiger partial charge is 0.309 e. The van der Waals surface area contributed by atoms with Crippen molar-refractivity contribution in [3.05, 3.63) is 30.1 Å². The number of hydrogen-bond acceptors (Lipinski definition) is 4. The van der Waals surface area contributed by atoms with E-state index in [2.05, 4.69) is 20.4 Å². The number of para-hydroxylation sites is 1. The highest BCUT2D eigenvalue weighted by Crippen LogP contribution is 2.20. The van der Waals surface area contributed by atoms with Crippen molar-refractivity contribution < 1.29 is 14.0 Å². The van der Waals surface area contributed by atoms with Crippen LogP contribution < -0.4 is 15.5 Å². The Morgan fingerprint density at radius 3 is 2.38 bits per heavy atom. The minimum atomic E-state index is -0.574. The summed E-state index contributed by atoms with van der Waals surface area (Å²) in [5.41, 5.74) is 0.659. The van der Waals surface area contributed by atoms with Crippen molar-refractivity contribution in [2.45, 2.75) is 20.3 Å². The molecule has 26 heavy (non-hydrogen) atoms. The molecule has 1 aliphatic heterocycles. The van der Waals surface area contributed by atoms with E-state index in [0.29, 0.717) is 24.7 Å².